The van der Waals surface area contributed by atoms with E-state index in [2.05, 4.69) is 6.92 Å². The van der Waals surface area contributed by atoms with Gasteiger partial charge in [-0.25, -0.2) is 5.48 Å². The Labute approximate surface area is 110 Å². The Hall–Kier alpha value is -0.610. The first-order valence-corrected chi connectivity index (χ1v) is 7.32. The van der Waals surface area contributed by atoms with Gasteiger partial charge in [0.25, 0.3) is 0 Å². The summed E-state index contributed by atoms with van der Waals surface area (Å²) in [5.74, 6) is 1.27. The number of carbonyl (C=O) groups excluding carboxylic acids is 1. The van der Waals surface area contributed by atoms with Crippen LogP contribution in [0.4, 0.5) is 0 Å². The van der Waals surface area contributed by atoms with Crippen molar-refractivity contribution in [2.75, 3.05) is 0 Å². The van der Waals surface area contributed by atoms with E-state index in [1.807, 2.05) is 0 Å². The Morgan fingerprint density at radius 2 is 2.00 bits per heavy atom. The van der Waals surface area contributed by atoms with Crippen LogP contribution in [-0.2, 0) is 4.79 Å². The average Bonchev–Trinajstić information content (AvgIpc) is 2.37. The minimum Gasteiger partial charge on any atom is -0.327 e. The summed E-state index contributed by atoms with van der Waals surface area (Å²) >= 11 is 0. The Morgan fingerprint density at radius 3 is 2.67 bits per heavy atom. The van der Waals surface area contributed by atoms with Crippen LogP contribution in [0.2, 0.25) is 0 Å². The molecule has 3 atom stereocenters. The molecule has 0 saturated heterocycles. The minimum atomic E-state index is -0.273. The summed E-state index contributed by atoms with van der Waals surface area (Å²) in [5, 5.41) is 8.34. The first-order valence-electron chi connectivity index (χ1n) is 7.32. The van der Waals surface area contributed by atoms with Gasteiger partial charge in [0, 0.05) is 12.5 Å². The molecular weight excluding hydrogens is 228 g/mol. The third-order valence-electron chi connectivity index (χ3n) is 4.24. The van der Waals surface area contributed by atoms with Crippen molar-refractivity contribution in [3.05, 3.63) is 0 Å². The fourth-order valence-corrected chi connectivity index (χ4v) is 2.92. The molecule has 1 amide bonds. The van der Waals surface area contributed by atoms with Crippen LogP contribution in [0.3, 0.4) is 0 Å². The minimum absolute atomic E-state index is 0.273. The summed E-state index contributed by atoms with van der Waals surface area (Å²) in [5.41, 5.74) is 7.68. The van der Waals surface area contributed by atoms with Crippen molar-refractivity contribution in [3.8, 4) is 0 Å². The maximum absolute atomic E-state index is 10.8. The number of hydrogen-bond donors (Lipinski definition) is 3. The largest absolute Gasteiger partial charge is 0.327 e. The highest BCUT2D eigenvalue weighted by molar-refractivity contribution is 5.74. The van der Waals surface area contributed by atoms with Crippen LogP contribution >= 0.6 is 0 Å². The van der Waals surface area contributed by atoms with Crippen molar-refractivity contribution in [2.45, 2.75) is 70.8 Å². The van der Waals surface area contributed by atoms with Crippen molar-refractivity contribution in [1.29, 1.82) is 0 Å². The first-order chi connectivity index (χ1) is 8.63. The van der Waals surface area contributed by atoms with Crippen molar-refractivity contribution in [1.82, 2.24) is 5.48 Å². The SMILES string of the molecule is C[C@@H]1CC(CCCCCCC(=O)NO)CC[C@H]1N. The monoisotopic (exact) mass is 256 g/mol. The second-order valence-electron chi connectivity index (χ2n) is 5.81. The zero-order chi connectivity index (χ0) is 13.4. The first kappa shape index (κ1) is 15.4. The van der Waals surface area contributed by atoms with Gasteiger partial charge in [-0.2, -0.15) is 0 Å². The molecule has 0 bridgehead atoms. The lowest BCUT2D eigenvalue weighted by molar-refractivity contribution is -0.129. The molecule has 1 saturated carbocycles. The number of nitrogens with one attached hydrogen (secondary N) is 1. The highest BCUT2D eigenvalue weighted by atomic mass is 16.5. The fourth-order valence-electron chi connectivity index (χ4n) is 2.92. The Bertz CT molecular complexity index is 246. The smallest absolute Gasteiger partial charge is 0.243 e. The van der Waals surface area contributed by atoms with Crippen LogP contribution < -0.4 is 11.2 Å². The molecular formula is C14H28N2O2. The molecule has 1 aliphatic carbocycles. The Kier molecular flexibility index (Phi) is 7.28. The molecule has 18 heavy (non-hydrogen) atoms. The summed E-state index contributed by atoms with van der Waals surface area (Å²) in [7, 11) is 0. The van der Waals surface area contributed by atoms with E-state index in [9.17, 15) is 4.79 Å². The Morgan fingerprint density at radius 1 is 1.28 bits per heavy atom. The predicted octanol–water partition coefficient (Wildman–Crippen LogP) is 2.60. The molecule has 106 valence electrons. The molecule has 1 aliphatic rings. The maximum atomic E-state index is 10.8. The third-order valence-corrected chi connectivity index (χ3v) is 4.24. The highest BCUT2D eigenvalue weighted by Gasteiger charge is 2.24. The molecule has 0 aromatic carbocycles. The van der Waals surface area contributed by atoms with Gasteiger partial charge >= 0.3 is 0 Å². The summed E-state index contributed by atoms with van der Waals surface area (Å²) in [4.78, 5) is 10.8. The van der Waals surface area contributed by atoms with Gasteiger partial charge < -0.3 is 5.73 Å². The van der Waals surface area contributed by atoms with Crippen LogP contribution in [0.15, 0.2) is 0 Å². The van der Waals surface area contributed by atoms with E-state index >= 15 is 0 Å². The molecule has 0 aromatic heterocycles. The fraction of sp³-hybridized carbons (Fsp3) is 0.929. The van der Waals surface area contributed by atoms with Crippen LogP contribution in [0.5, 0.6) is 0 Å². The van der Waals surface area contributed by atoms with Crippen LogP contribution in [-0.4, -0.2) is 17.2 Å². The standard InChI is InChI=1S/C14H28N2O2/c1-11-10-12(8-9-13(11)15)6-4-2-3-5-7-14(17)16-18/h11-13,18H,2-10,15H2,1H3,(H,16,17)/t11-,12?,13-/m1/s1. The number of rotatable bonds is 7. The number of hydrogen-bond acceptors (Lipinski definition) is 3. The molecule has 4 N–H and O–H groups in total. The molecule has 4 nitrogen and oxygen atoms in total. The van der Waals surface area contributed by atoms with E-state index in [-0.39, 0.29) is 5.91 Å². The van der Waals surface area contributed by atoms with E-state index in [1.165, 1.54) is 38.5 Å². The lowest BCUT2D eigenvalue weighted by Crippen LogP contribution is -2.34. The molecule has 1 rings (SSSR count). The Balaban J connectivity index is 1.96. The van der Waals surface area contributed by atoms with Crippen LogP contribution in [0.25, 0.3) is 0 Å². The van der Waals surface area contributed by atoms with Crippen LogP contribution in [0.1, 0.15) is 64.7 Å². The van der Waals surface area contributed by atoms with Crippen molar-refractivity contribution in [3.63, 3.8) is 0 Å². The molecule has 0 spiro atoms. The second-order valence-corrected chi connectivity index (χ2v) is 5.81. The van der Waals surface area contributed by atoms with Gasteiger partial charge in [0.1, 0.15) is 0 Å². The zero-order valence-corrected chi connectivity index (χ0v) is 11.5. The molecule has 0 radical (unpaired) electrons. The van der Waals surface area contributed by atoms with Crippen LogP contribution in [0, 0.1) is 11.8 Å². The van der Waals surface area contributed by atoms with Crippen molar-refractivity contribution >= 4 is 5.91 Å². The van der Waals surface area contributed by atoms with Gasteiger partial charge in [-0.1, -0.05) is 32.6 Å². The number of hydroxylamine groups is 1. The van der Waals surface area contributed by atoms with E-state index < -0.39 is 0 Å². The lowest BCUT2D eigenvalue weighted by Gasteiger charge is -2.31. The second kappa shape index (κ2) is 8.48. The van der Waals surface area contributed by atoms with E-state index in [0.29, 0.717) is 18.4 Å². The molecule has 4 heteroatoms. The number of nitrogens with two attached hydrogens (primary N) is 1. The quantitative estimate of drug-likeness (QED) is 0.372. The van der Waals surface area contributed by atoms with E-state index in [0.717, 1.165) is 18.8 Å². The number of carbonyl (C=O) groups is 1. The number of amides is 1. The van der Waals surface area contributed by atoms with Gasteiger partial charge in [-0.3, -0.25) is 10.0 Å². The van der Waals surface area contributed by atoms with Gasteiger partial charge in [0.2, 0.25) is 5.91 Å². The molecule has 1 unspecified atom stereocenters. The maximum Gasteiger partial charge on any atom is 0.243 e. The average molecular weight is 256 g/mol. The lowest BCUT2D eigenvalue weighted by atomic mass is 9.77. The van der Waals surface area contributed by atoms with E-state index in [1.54, 1.807) is 5.48 Å². The highest BCUT2D eigenvalue weighted by Crippen LogP contribution is 2.31. The summed E-state index contributed by atoms with van der Waals surface area (Å²) in [6.07, 6.45) is 9.90. The van der Waals surface area contributed by atoms with Gasteiger partial charge in [0.15, 0.2) is 0 Å². The topological polar surface area (TPSA) is 75.3 Å². The van der Waals surface area contributed by atoms with Gasteiger partial charge in [-0.05, 0) is 37.5 Å². The summed E-state index contributed by atoms with van der Waals surface area (Å²) in [6, 6.07) is 0.415. The zero-order valence-electron chi connectivity index (χ0n) is 11.5. The molecule has 0 aliphatic heterocycles. The van der Waals surface area contributed by atoms with Gasteiger partial charge in [0.05, 0.1) is 0 Å². The van der Waals surface area contributed by atoms with Crippen molar-refractivity contribution in [2.24, 2.45) is 17.6 Å². The molecule has 1 fully saturated rings. The predicted molar refractivity (Wildman–Crippen MR) is 72.1 cm³/mol. The summed E-state index contributed by atoms with van der Waals surface area (Å²) in [6.45, 7) is 2.27. The van der Waals surface area contributed by atoms with E-state index in [4.69, 9.17) is 10.9 Å². The normalized spacial score (nSPS) is 28.1. The molecule has 0 aromatic rings. The summed E-state index contributed by atoms with van der Waals surface area (Å²) < 4.78 is 0. The molecule has 0 heterocycles. The van der Waals surface area contributed by atoms with Crippen molar-refractivity contribution < 1.29 is 10.0 Å². The number of unbranched alkanes of at least 4 members (excludes halogenated alkanes) is 3. The third kappa shape index (κ3) is 5.83. The van der Waals surface area contributed by atoms with Gasteiger partial charge in [-0.15, -0.1) is 0 Å².